The summed E-state index contributed by atoms with van der Waals surface area (Å²) < 4.78 is 37.2. The summed E-state index contributed by atoms with van der Waals surface area (Å²) >= 11 is 0. The van der Waals surface area contributed by atoms with Crippen LogP contribution in [0.15, 0.2) is 42.5 Å². The summed E-state index contributed by atoms with van der Waals surface area (Å²) in [5, 5.41) is 3.14. The van der Waals surface area contributed by atoms with Crippen LogP contribution in [-0.2, 0) is 26.2 Å². The Bertz CT molecular complexity index is 1280. The fraction of sp³-hybridized carbons (Fsp3) is 0.517. The van der Waals surface area contributed by atoms with Gasteiger partial charge in [-0.1, -0.05) is 49.1 Å². The van der Waals surface area contributed by atoms with Gasteiger partial charge in [-0.3, -0.25) is 13.9 Å². The summed E-state index contributed by atoms with van der Waals surface area (Å²) in [6.07, 6.45) is 6.86. The van der Waals surface area contributed by atoms with Gasteiger partial charge in [0.2, 0.25) is 28.6 Å². The maximum atomic E-state index is 13.5. The Morgan fingerprint density at radius 3 is 2.51 bits per heavy atom. The number of benzene rings is 2. The molecule has 0 aromatic heterocycles. The molecule has 2 amide bonds. The second-order valence-corrected chi connectivity index (χ2v) is 12.4. The molecule has 39 heavy (non-hydrogen) atoms. The van der Waals surface area contributed by atoms with Crippen LogP contribution in [0, 0.1) is 6.92 Å². The minimum absolute atomic E-state index is 0.0927. The third-order valence-corrected chi connectivity index (χ3v) is 8.54. The van der Waals surface area contributed by atoms with Crippen LogP contribution in [0.5, 0.6) is 11.5 Å². The summed E-state index contributed by atoms with van der Waals surface area (Å²) in [7, 11) is -3.61. The van der Waals surface area contributed by atoms with E-state index in [0.717, 1.165) is 43.1 Å². The number of sulfonamides is 1. The van der Waals surface area contributed by atoms with E-state index < -0.39 is 16.1 Å². The summed E-state index contributed by atoms with van der Waals surface area (Å²) in [4.78, 5) is 28.3. The van der Waals surface area contributed by atoms with Crippen LogP contribution >= 0.6 is 0 Å². The molecule has 212 valence electrons. The van der Waals surface area contributed by atoms with E-state index in [9.17, 15) is 18.0 Å². The smallest absolute Gasteiger partial charge is 0.242 e. The van der Waals surface area contributed by atoms with Gasteiger partial charge in [-0.05, 0) is 50.8 Å². The number of carbonyl (C=O) groups excluding carboxylic acids is 2. The highest BCUT2D eigenvalue weighted by Crippen LogP contribution is 2.36. The molecule has 2 aromatic rings. The highest BCUT2D eigenvalue weighted by molar-refractivity contribution is 7.92. The van der Waals surface area contributed by atoms with Crippen molar-refractivity contribution in [2.45, 2.75) is 77.4 Å². The van der Waals surface area contributed by atoms with Gasteiger partial charge in [0.25, 0.3) is 0 Å². The van der Waals surface area contributed by atoms with Crippen LogP contribution in [0.25, 0.3) is 0 Å². The van der Waals surface area contributed by atoms with E-state index in [1.54, 1.807) is 30.0 Å². The molecule has 2 aromatic carbocycles. The van der Waals surface area contributed by atoms with Crippen molar-refractivity contribution in [1.29, 1.82) is 0 Å². The van der Waals surface area contributed by atoms with E-state index >= 15 is 0 Å². The number of nitrogens with zero attached hydrogens (tertiary/aromatic N) is 2. The summed E-state index contributed by atoms with van der Waals surface area (Å²) in [6, 6.07) is 12.4. The molecule has 1 heterocycles. The van der Waals surface area contributed by atoms with Crippen LogP contribution in [-0.4, -0.2) is 56.8 Å². The Hall–Kier alpha value is -3.27. The molecule has 2 aliphatic rings. The Morgan fingerprint density at radius 1 is 1.05 bits per heavy atom. The summed E-state index contributed by atoms with van der Waals surface area (Å²) in [5.74, 6) is 0.706. The lowest BCUT2D eigenvalue weighted by atomic mass is 9.95. The quantitative estimate of drug-likeness (QED) is 0.445. The molecule has 1 saturated carbocycles. The summed E-state index contributed by atoms with van der Waals surface area (Å²) in [6.45, 7) is 4.27. The monoisotopic (exact) mass is 557 g/mol. The van der Waals surface area contributed by atoms with Crippen molar-refractivity contribution in [2.75, 3.05) is 23.9 Å². The van der Waals surface area contributed by atoms with Crippen molar-refractivity contribution >= 4 is 27.5 Å². The summed E-state index contributed by atoms with van der Waals surface area (Å²) in [5.41, 5.74) is 2.47. The number of carbonyl (C=O) groups is 2. The van der Waals surface area contributed by atoms with Crippen molar-refractivity contribution < 1.29 is 27.5 Å². The number of rotatable bonds is 11. The number of hydrogen-bond donors (Lipinski definition) is 1. The first kappa shape index (κ1) is 28.7. The normalized spacial score (nSPS) is 16.0. The molecular weight excluding hydrogens is 518 g/mol. The van der Waals surface area contributed by atoms with Crippen molar-refractivity contribution in [3.05, 3.63) is 53.6 Å². The van der Waals surface area contributed by atoms with Crippen LogP contribution in [0.2, 0.25) is 0 Å². The molecule has 10 heteroatoms. The average molecular weight is 558 g/mol. The lowest BCUT2D eigenvalue weighted by Gasteiger charge is -2.31. The number of amides is 2. The molecule has 1 aliphatic carbocycles. The van der Waals surface area contributed by atoms with Gasteiger partial charge in [0.05, 0.1) is 11.9 Å². The number of nitrogens with one attached hydrogen (secondary N) is 1. The van der Waals surface area contributed by atoms with Crippen molar-refractivity contribution in [1.82, 2.24) is 10.2 Å². The first-order valence-electron chi connectivity index (χ1n) is 13.6. The molecule has 0 unspecified atom stereocenters. The van der Waals surface area contributed by atoms with Gasteiger partial charge < -0.3 is 19.7 Å². The predicted molar refractivity (Wildman–Crippen MR) is 150 cm³/mol. The first-order chi connectivity index (χ1) is 18.6. The third kappa shape index (κ3) is 7.65. The number of anilines is 1. The molecule has 0 spiro atoms. The predicted octanol–water partition coefficient (Wildman–Crippen LogP) is 4.14. The second kappa shape index (κ2) is 12.7. The number of fused-ring (bicyclic) bond motifs is 1. The Labute approximate surface area is 231 Å². The van der Waals surface area contributed by atoms with Crippen LogP contribution in [0.3, 0.4) is 0 Å². The maximum absolute atomic E-state index is 13.5. The van der Waals surface area contributed by atoms with Gasteiger partial charge >= 0.3 is 0 Å². The molecule has 9 nitrogen and oxygen atoms in total. The molecule has 1 fully saturated rings. The molecule has 1 N–H and O–H groups in total. The van der Waals surface area contributed by atoms with Crippen molar-refractivity contribution in [3.8, 4) is 11.5 Å². The van der Waals surface area contributed by atoms with E-state index in [1.807, 2.05) is 31.2 Å². The molecule has 1 aliphatic heterocycles. The minimum Gasteiger partial charge on any atom is -0.454 e. The lowest BCUT2D eigenvalue weighted by molar-refractivity contribution is -0.141. The number of hydrogen-bond acceptors (Lipinski definition) is 6. The van der Waals surface area contributed by atoms with E-state index in [-0.39, 0.29) is 37.6 Å². The zero-order valence-electron chi connectivity index (χ0n) is 23.0. The second-order valence-electron chi connectivity index (χ2n) is 10.5. The molecular formula is C29H39N3O6S. The Balaban J connectivity index is 1.45. The maximum Gasteiger partial charge on any atom is 0.242 e. The Kier molecular flexibility index (Phi) is 9.37. The zero-order valence-corrected chi connectivity index (χ0v) is 23.8. The molecule has 1 atom stereocenters. The van der Waals surface area contributed by atoms with Gasteiger partial charge in [0.15, 0.2) is 11.5 Å². The van der Waals surface area contributed by atoms with E-state index in [0.29, 0.717) is 30.2 Å². The highest BCUT2D eigenvalue weighted by atomic mass is 32.2. The van der Waals surface area contributed by atoms with E-state index in [4.69, 9.17) is 9.47 Å². The fourth-order valence-corrected chi connectivity index (χ4v) is 6.16. The molecule has 4 rings (SSSR count). The van der Waals surface area contributed by atoms with Crippen LogP contribution in [0.1, 0.15) is 63.0 Å². The highest BCUT2D eigenvalue weighted by Gasteiger charge is 2.29. The van der Waals surface area contributed by atoms with Crippen molar-refractivity contribution in [3.63, 3.8) is 0 Å². The largest absolute Gasteiger partial charge is 0.454 e. The van der Waals surface area contributed by atoms with Gasteiger partial charge in [-0.25, -0.2) is 8.42 Å². The molecule has 0 radical (unpaired) electrons. The van der Waals surface area contributed by atoms with Gasteiger partial charge in [0.1, 0.15) is 6.04 Å². The minimum atomic E-state index is -3.61. The van der Waals surface area contributed by atoms with E-state index in [1.165, 1.54) is 10.7 Å². The van der Waals surface area contributed by atoms with Crippen LogP contribution < -0.4 is 19.1 Å². The molecule has 0 bridgehead atoms. The standard InChI is InChI=1S/C29H39N3O6S/c1-21-9-7-10-23(17-21)19-31(22(2)29(34)30-24-11-5-4-6-12-24)28(33)13-8-16-32(39(3,35)36)25-14-15-26-27(18-25)38-20-37-26/h7,9-10,14-15,17-18,22,24H,4-6,8,11-13,16,19-20H2,1-3H3,(H,30,34)/t22-/m0/s1. The van der Waals surface area contributed by atoms with Crippen molar-refractivity contribution in [2.24, 2.45) is 0 Å². The third-order valence-electron chi connectivity index (χ3n) is 7.35. The first-order valence-corrected chi connectivity index (χ1v) is 15.5. The fourth-order valence-electron chi connectivity index (χ4n) is 5.20. The number of aryl methyl sites for hydroxylation is 1. The van der Waals surface area contributed by atoms with Gasteiger partial charge in [0, 0.05) is 31.6 Å². The topological polar surface area (TPSA) is 105 Å². The average Bonchev–Trinajstić information content (AvgIpc) is 3.37. The van der Waals surface area contributed by atoms with Gasteiger partial charge in [-0.2, -0.15) is 0 Å². The lowest BCUT2D eigenvalue weighted by Crippen LogP contribution is -2.50. The van der Waals surface area contributed by atoms with Crippen LogP contribution in [0.4, 0.5) is 5.69 Å². The van der Waals surface area contributed by atoms with E-state index in [2.05, 4.69) is 5.32 Å². The Morgan fingerprint density at radius 2 is 1.79 bits per heavy atom. The van der Waals surface area contributed by atoms with Gasteiger partial charge in [-0.15, -0.1) is 0 Å². The number of ether oxygens (including phenoxy) is 2. The zero-order chi connectivity index (χ0) is 28.0. The SMILES string of the molecule is Cc1cccc(CN(C(=O)CCCN(c2ccc3c(c2)OCO3)S(C)(=O)=O)[C@@H](C)C(=O)NC2CCCCC2)c1. The molecule has 0 saturated heterocycles.